The van der Waals surface area contributed by atoms with Gasteiger partial charge in [-0.05, 0) is 12.1 Å². The van der Waals surface area contributed by atoms with Gasteiger partial charge in [-0.3, -0.25) is 14.4 Å². The van der Waals surface area contributed by atoms with Crippen LogP contribution in [0, 0.1) is 0 Å². The first-order chi connectivity index (χ1) is 13.0. The van der Waals surface area contributed by atoms with Crippen molar-refractivity contribution in [2.45, 2.75) is 26.0 Å². The molecule has 1 amide bonds. The number of aliphatic hydroxyl groups excluding tert-OH is 1. The number of nitrogens with one attached hydrogen (secondary N) is 1. The molecule has 0 radical (unpaired) electrons. The van der Waals surface area contributed by atoms with Crippen molar-refractivity contribution in [2.24, 2.45) is 7.05 Å². The van der Waals surface area contributed by atoms with Gasteiger partial charge in [-0.25, -0.2) is 0 Å². The van der Waals surface area contributed by atoms with Crippen LogP contribution >= 0.6 is 0 Å². The molecule has 0 saturated heterocycles. The summed E-state index contributed by atoms with van der Waals surface area (Å²) in [6.45, 7) is 2.15. The topological polar surface area (TPSA) is 88.8 Å². The lowest BCUT2D eigenvalue weighted by Gasteiger charge is -2.27. The summed E-state index contributed by atoms with van der Waals surface area (Å²) in [7, 11) is 5.05. The third-order valence-electron chi connectivity index (χ3n) is 4.89. The van der Waals surface area contributed by atoms with Crippen LogP contribution in [0.1, 0.15) is 23.4 Å². The Morgan fingerprint density at radius 3 is 2.85 bits per heavy atom. The first-order valence-electron chi connectivity index (χ1n) is 8.94. The van der Waals surface area contributed by atoms with Crippen LogP contribution in [0.25, 0.3) is 0 Å². The zero-order valence-corrected chi connectivity index (χ0v) is 16.0. The molecular weight excluding hydrogens is 348 g/mol. The van der Waals surface area contributed by atoms with Crippen molar-refractivity contribution in [3.05, 3.63) is 35.2 Å². The second-order valence-corrected chi connectivity index (χ2v) is 6.54. The number of aryl methyl sites for hydroxylation is 1. The highest BCUT2D eigenvalue weighted by atomic mass is 16.5. The van der Waals surface area contributed by atoms with Gasteiger partial charge in [-0.2, -0.15) is 5.10 Å². The van der Waals surface area contributed by atoms with Crippen molar-refractivity contribution in [2.75, 3.05) is 32.6 Å². The second kappa shape index (κ2) is 8.41. The Bertz CT molecular complexity index is 818. The van der Waals surface area contributed by atoms with Crippen molar-refractivity contribution < 1.29 is 19.4 Å². The summed E-state index contributed by atoms with van der Waals surface area (Å²) in [4.78, 5) is 14.6. The third-order valence-corrected chi connectivity index (χ3v) is 4.89. The highest BCUT2D eigenvalue weighted by Crippen LogP contribution is 2.29. The lowest BCUT2D eigenvalue weighted by molar-refractivity contribution is -0.116. The maximum atomic E-state index is 12.4. The molecule has 8 nitrogen and oxygen atoms in total. The Hall–Kier alpha value is -2.58. The number of methoxy groups -OCH3 is 2. The van der Waals surface area contributed by atoms with Crippen molar-refractivity contribution >= 4 is 11.6 Å². The van der Waals surface area contributed by atoms with Gasteiger partial charge in [-0.15, -0.1) is 0 Å². The van der Waals surface area contributed by atoms with Crippen LogP contribution in [0.2, 0.25) is 0 Å². The number of carbonyl (C=O) groups is 1. The van der Waals surface area contributed by atoms with Crippen LogP contribution in [0.15, 0.2) is 18.2 Å². The van der Waals surface area contributed by atoms with Gasteiger partial charge in [0.15, 0.2) is 0 Å². The first kappa shape index (κ1) is 19.2. The molecule has 3 rings (SSSR count). The number of hydrogen-bond acceptors (Lipinski definition) is 6. The van der Waals surface area contributed by atoms with Crippen LogP contribution in [-0.2, 0) is 31.4 Å². The van der Waals surface area contributed by atoms with Crippen molar-refractivity contribution in [1.82, 2.24) is 14.7 Å². The largest absolute Gasteiger partial charge is 0.497 e. The van der Waals surface area contributed by atoms with Crippen LogP contribution in [0.4, 0.5) is 5.69 Å². The van der Waals surface area contributed by atoms with Gasteiger partial charge in [-0.1, -0.05) is 0 Å². The molecule has 8 heteroatoms. The zero-order chi connectivity index (χ0) is 19.4. The number of anilines is 1. The van der Waals surface area contributed by atoms with Crippen molar-refractivity contribution in [3.63, 3.8) is 0 Å². The molecule has 2 heterocycles. The fraction of sp³-hybridized carbons (Fsp3) is 0.474. The predicted molar refractivity (Wildman–Crippen MR) is 101 cm³/mol. The Morgan fingerprint density at radius 2 is 2.15 bits per heavy atom. The van der Waals surface area contributed by atoms with Crippen LogP contribution in [0.3, 0.4) is 0 Å². The van der Waals surface area contributed by atoms with E-state index in [9.17, 15) is 9.90 Å². The summed E-state index contributed by atoms with van der Waals surface area (Å²) in [6, 6.07) is 5.29. The minimum absolute atomic E-state index is 0.0624. The lowest BCUT2D eigenvalue weighted by Crippen LogP contribution is -2.33. The van der Waals surface area contributed by atoms with Gasteiger partial charge in [0.1, 0.15) is 11.5 Å². The molecule has 146 valence electrons. The number of aliphatic hydroxyl groups is 1. The summed E-state index contributed by atoms with van der Waals surface area (Å²) in [5, 5.41) is 16.7. The normalized spacial score (nSPS) is 13.9. The molecule has 1 aromatic heterocycles. The SMILES string of the molecule is COc1ccc(OC)c(NC(=O)CCN2CCc3c(c(CO)nn3C)C2)c1. The quantitative estimate of drug-likeness (QED) is 0.760. The van der Waals surface area contributed by atoms with E-state index in [1.165, 1.54) is 5.69 Å². The molecule has 0 spiro atoms. The Morgan fingerprint density at radius 1 is 1.33 bits per heavy atom. The number of aromatic nitrogens is 2. The number of benzene rings is 1. The maximum Gasteiger partial charge on any atom is 0.225 e. The van der Waals surface area contributed by atoms with E-state index in [1.807, 2.05) is 11.7 Å². The predicted octanol–water partition coefficient (Wildman–Crippen LogP) is 1.32. The second-order valence-electron chi connectivity index (χ2n) is 6.54. The molecule has 27 heavy (non-hydrogen) atoms. The Labute approximate surface area is 158 Å². The number of nitrogens with zero attached hydrogens (tertiary/aromatic N) is 3. The summed E-state index contributed by atoms with van der Waals surface area (Å²) in [5.74, 6) is 1.17. The molecule has 2 aromatic rings. The number of amides is 1. The molecule has 1 aliphatic rings. The van der Waals surface area contributed by atoms with Gasteiger partial charge >= 0.3 is 0 Å². The minimum Gasteiger partial charge on any atom is -0.497 e. The average molecular weight is 374 g/mol. The molecule has 0 atom stereocenters. The van der Waals surface area contributed by atoms with Gasteiger partial charge in [0.05, 0.1) is 32.2 Å². The maximum absolute atomic E-state index is 12.4. The Balaban J connectivity index is 1.59. The van der Waals surface area contributed by atoms with E-state index in [1.54, 1.807) is 32.4 Å². The van der Waals surface area contributed by atoms with E-state index >= 15 is 0 Å². The average Bonchev–Trinajstić information content (AvgIpc) is 3.01. The minimum atomic E-state index is -0.0825. The zero-order valence-electron chi connectivity index (χ0n) is 16.0. The fourth-order valence-corrected chi connectivity index (χ4v) is 3.43. The van der Waals surface area contributed by atoms with Crippen LogP contribution in [-0.4, -0.2) is 53.0 Å². The van der Waals surface area contributed by atoms with Crippen LogP contribution < -0.4 is 14.8 Å². The van der Waals surface area contributed by atoms with Crippen molar-refractivity contribution in [1.29, 1.82) is 0 Å². The fourth-order valence-electron chi connectivity index (χ4n) is 3.43. The standard InChI is InChI=1S/C19H26N4O4/c1-22-17-6-8-23(11-14(17)16(12-24)21-22)9-7-19(25)20-15-10-13(26-2)4-5-18(15)27-3/h4-5,10,24H,6-9,11-12H2,1-3H3,(H,20,25). The van der Waals surface area contributed by atoms with E-state index in [0.29, 0.717) is 36.7 Å². The highest BCUT2D eigenvalue weighted by Gasteiger charge is 2.23. The highest BCUT2D eigenvalue weighted by molar-refractivity contribution is 5.92. The van der Waals surface area contributed by atoms with Gasteiger partial charge in [0.25, 0.3) is 0 Å². The number of hydrogen-bond donors (Lipinski definition) is 2. The van der Waals surface area contributed by atoms with Gasteiger partial charge in [0, 0.05) is 56.8 Å². The van der Waals surface area contributed by atoms with Crippen LogP contribution in [0.5, 0.6) is 11.5 Å². The van der Waals surface area contributed by atoms with Crippen molar-refractivity contribution in [3.8, 4) is 11.5 Å². The van der Waals surface area contributed by atoms with E-state index in [0.717, 1.165) is 24.2 Å². The molecule has 1 aromatic carbocycles. The summed E-state index contributed by atoms with van der Waals surface area (Å²) >= 11 is 0. The number of carbonyl (C=O) groups excluding carboxylic acids is 1. The number of rotatable bonds is 7. The Kier molecular flexibility index (Phi) is 5.98. The molecular formula is C19H26N4O4. The summed E-state index contributed by atoms with van der Waals surface area (Å²) in [6.07, 6.45) is 1.23. The molecule has 2 N–H and O–H groups in total. The molecule has 0 fully saturated rings. The monoisotopic (exact) mass is 374 g/mol. The first-order valence-corrected chi connectivity index (χ1v) is 8.94. The third kappa shape index (κ3) is 4.23. The molecule has 0 aliphatic carbocycles. The van der Waals surface area contributed by atoms with Gasteiger partial charge < -0.3 is 19.9 Å². The van der Waals surface area contributed by atoms with E-state index in [2.05, 4.69) is 15.3 Å². The molecule has 0 bridgehead atoms. The van der Waals surface area contributed by atoms with E-state index in [4.69, 9.17) is 9.47 Å². The summed E-state index contributed by atoms with van der Waals surface area (Å²) < 4.78 is 12.3. The number of fused-ring (bicyclic) bond motifs is 1. The number of ether oxygens (including phenoxy) is 2. The summed E-state index contributed by atoms with van der Waals surface area (Å²) in [5.41, 5.74) is 3.57. The van der Waals surface area contributed by atoms with Gasteiger partial charge in [0.2, 0.25) is 5.91 Å². The molecule has 0 unspecified atom stereocenters. The van der Waals surface area contributed by atoms with E-state index < -0.39 is 0 Å². The van der Waals surface area contributed by atoms with E-state index in [-0.39, 0.29) is 12.5 Å². The molecule has 1 aliphatic heterocycles. The smallest absolute Gasteiger partial charge is 0.225 e. The lowest BCUT2D eigenvalue weighted by atomic mass is 10.1. The molecule has 0 saturated carbocycles.